The monoisotopic (exact) mass is 293 g/mol. The maximum absolute atomic E-state index is 13.3. The molecule has 2 nitrogen and oxygen atoms in total. The SMILES string of the molecule is CC1(C)CN(Cc2ccc(F)cc2C#CCO)CCS1. The fraction of sp³-hybridized carbons (Fsp3) is 0.500. The Hall–Kier alpha value is -1.02. The molecule has 1 N–H and O–H groups in total. The quantitative estimate of drug-likeness (QED) is 0.848. The lowest BCUT2D eigenvalue weighted by molar-refractivity contribution is 0.252. The van der Waals surface area contributed by atoms with Gasteiger partial charge in [-0.3, -0.25) is 4.90 Å². The number of aliphatic hydroxyl groups is 1. The maximum Gasteiger partial charge on any atom is 0.124 e. The van der Waals surface area contributed by atoms with Gasteiger partial charge in [-0.1, -0.05) is 17.9 Å². The Morgan fingerprint density at radius 2 is 2.25 bits per heavy atom. The summed E-state index contributed by atoms with van der Waals surface area (Å²) in [6.45, 7) is 7.13. The molecule has 0 saturated carbocycles. The summed E-state index contributed by atoms with van der Waals surface area (Å²) in [6.07, 6.45) is 0. The Bertz CT molecular complexity index is 533. The van der Waals surface area contributed by atoms with Crippen LogP contribution in [0, 0.1) is 17.7 Å². The average molecular weight is 293 g/mol. The standard InChI is InChI=1S/C16H20FNOS/c1-16(2)12-18(7-9-20-16)11-14-5-6-15(17)10-13(14)4-3-8-19/h5-6,10,19H,7-9,11-12H2,1-2H3. The Labute approximate surface area is 124 Å². The summed E-state index contributed by atoms with van der Waals surface area (Å²) in [5, 5.41) is 8.80. The topological polar surface area (TPSA) is 23.5 Å². The van der Waals surface area contributed by atoms with E-state index >= 15 is 0 Å². The summed E-state index contributed by atoms with van der Waals surface area (Å²) in [6, 6.07) is 4.72. The van der Waals surface area contributed by atoms with E-state index in [1.165, 1.54) is 12.1 Å². The van der Waals surface area contributed by atoms with Gasteiger partial charge in [0, 0.05) is 35.7 Å². The highest BCUT2D eigenvalue weighted by Gasteiger charge is 2.27. The lowest BCUT2D eigenvalue weighted by atomic mass is 10.1. The van der Waals surface area contributed by atoms with Gasteiger partial charge in [0.2, 0.25) is 0 Å². The van der Waals surface area contributed by atoms with Crippen LogP contribution in [0.15, 0.2) is 18.2 Å². The van der Waals surface area contributed by atoms with Crippen molar-refractivity contribution < 1.29 is 9.50 Å². The van der Waals surface area contributed by atoms with E-state index in [0.29, 0.717) is 5.56 Å². The molecule has 1 heterocycles. The third kappa shape index (κ3) is 4.24. The minimum absolute atomic E-state index is 0.205. The molecule has 108 valence electrons. The number of benzene rings is 1. The zero-order valence-corrected chi connectivity index (χ0v) is 12.8. The zero-order valence-electron chi connectivity index (χ0n) is 11.9. The third-order valence-corrected chi connectivity index (χ3v) is 4.57. The number of halogens is 1. The van der Waals surface area contributed by atoms with Crippen molar-refractivity contribution in [1.82, 2.24) is 4.90 Å². The van der Waals surface area contributed by atoms with Gasteiger partial charge in [0.25, 0.3) is 0 Å². The Morgan fingerprint density at radius 3 is 2.95 bits per heavy atom. The zero-order chi connectivity index (χ0) is 14.6. The molecule has 0 unspecified atom stereocenters. The van der Waals surface area contributed by atoms with Crippen molar-refractivity contribution >= 4 is 11.8 Å². The van der Waals surface area contributed by atoms with Crippen LogP contribution >= 0.6 is 11.8 Å². The van der Waals surface area contributed by atoms with Crippen molar-refractivity contribution in [2.24, 2.45) is 0 Å². The summed E-state index contributed by atoms with van der Waals surface area (Å²) in [5.74, 6) is 6.27. The second-order valence-corrected chi connectivity index (χ2v) is 7.38. The molecule has 4 heteroatoms. The number of rotatable bonds is 2. The van der Waals surface area contributed by atoms with Gasteiger partial charge < -0.3 is 5.11 Å². The molecule has 1 fully saturated rings. The lowest BCUT2D eigenvalue weighted by Gasteiger charge is -2.37. The summed E-state index contributed by atoms with van der Waals surface area (Å²) < 4.78 is 13.6. The maximum atomic E-state index is 13.3. The van der Waals surface area contributed by atoms with Crippen molar-refractivity contribution in [2.45, 2.75) is 25.1 Å². The van der Waals surface area contributed by atoms with Crippen LogP contribution in [0.25, 0.3) is 0 Å². The second-order valence-electron chi connectivity index (χ2n) is 5.58. The minimum atomic E-state index is -0.287. The predicted molar refractivity (Wildman–Crippen MR) is 82.2 cm³/mol. The highest BCUT2D eigenvalue weighted by molar-refractivity contribution is 8.00. The minimum Gasteiger partial charge on any atom is -0.384 e. The molecule has 20 heavy (non-hydrogen) atoms. The predicted octanol–water partition coefficient (Wildman–Crippen LogP) is 2.50. The lowest BCUT2D eigenvalue weighted by Crippen LogP contribution is -2.42. The molecule has 1 aromatic carbocycles. The van der Waals surface area contributed by atoms with Gasteiger partial charge in [-0.15, -0.1) is 0 Å². The molecule has 0 bridgehead atoms. The van der Waals surface area contributed by atoms with E-state index in [2.05, 4.69) is 30.6 Å². The van der Waals surface area contributed by atoms with E-state index in [-0.39, 0.29) is 17.2 Å². The van der Waals surface area contributed by atoms with Crippen LogP contribution in [-0.4, -0.2) is 40.2 Å². The first-order valence-corrected chi connectivity index (χ1v) is 7.73. The second kappa shape index (κ2) is 6.62. The molecule has 1 aromatic rings. The molecule has 0 aromatic heterocycles. The van der Waals surface area contributed by atoms with Crippen molar-refractivity contribution in [1.29, 1.82) is 0 Å². The van der Waals surface area contributed by atoms with Crippen molar-refractivity contribution in [3.8, 4) is 11.8 Å². The third-order valence-electron chi connectivity index (χ3n) is 3.27. The summed E-state index contributed by atoms with van der Waals surface area (Å²) in [5.41, 5.74) is 1.70. The highest BCUT2D eigenvalue weighted by atomic mass is 32.2. The van der Waals surface area contributed by atoms with Gasteiger partial charge in [-0.2, -0.15) is 11.8 Å². The summed E-state index contributed by atoms with van der Waals surface area (Å²) >= 11 is 1.99. The van der Waals surface area contributed by atoms with Crippen molar-refractivity contribution in [2.75, 3.05) is 25.4 Å². The number of aliphatic hydroxyl groups excluding tert-OH is 1. The van der Waals surface area contributed by atoms with E-state index in [9.17, 15) is 4.39 Å². The van der Waals surface area contributed by atoms with Gasteiger partial charge >= 0.3 is 0 Å². The summed E-state index contributed by atoms with van der Waals surface area (Å²) in [7, 11) is 0. The van der Waals surface area contributed by atoms with Gasteiger partial charge in [0.1, 0.15) is 12.4 Å². The van der Waals surface area contributed by atoms with E-state index in [1.807, 2.05) is 11.8 Å². The first-order valence-electron chi connectivity index (χ1n) is 6.75. The molecular weight excluding hydrogens is 273 g/mol. The molecule has 0 amide bonds. The number of thioether (sulfide) groups is 1. The Balaban J connectivity index is 2.16. The van der Waals surface area contributed by atoms with E-state index < -0.39 is 0 Å². The van der Waals surface area contributed by atoms with E-state index in [0.717, 1.165) is 31.0 Å². The van der Waals surface area contributed by atoms with E-state index in [1.54, 1.807) is 6.07 Å². The number of nitrogens with zero attached hydrogens (tertiary/aromatic N) is 1. The molecule has 0 spiro atoms. The molecular formula is C16H20FNOS. The summed E-state index contributed by atoms with van der Waals surface area (Å²) in [4.78, 5) is 2.38. The number of hydrogen-bond donors (Lipinski definition) is 1. The molecule has 0 radical (unpaired) electrons. The van der Waals surface area contributed by atoms with Crippen LogP contribution in [0.3, 0.4) is 0 Å². The van der Waals surface area contributed by atoms with Crippen LogP contribution in [-0.2, 0) is 6.54 Å². The molecule has 0 atom stereocenters. The van der Waals surface area contributed by atoms with Crippen LogP contribution in [0.2, 0.25) is 0 Å². The van der Waals surface area contributed by atoms with Crippen molar-refractivity contribution in [3.05, 3.63) is 35.1 Å². The fourth-order valence-corrected chi connectivity index (χ4v) is 3.60. The first-order chi connectivity index (χ1) is 9.50. The molecule has 0 aliphatic carbocycles. The van der Waals surface area contributed by atoms with Gasteiger partial charge in [-0.05, 0) is 31.5 Å². The first kappa shape index (κ1) is 15.4. The van der Waals surface area contributed by atoms with Crippen LogP contribution in [0.4, 0.5) is 4.39 Å². The molecule has 2 rings (SSSR count). The van der Waals surface area contributed by atoms with E-state index in [4.69, 9.17) is 5.11 Å². The molecule has 1 aliphatic heterocycles. The number of hydrogen-bond acceptors (Lipinski definition) is 3. The fourth-order valence-electron chi connectivity index (χ4n) is 2.43. The Morgan fingerprint density at radius 1 is 1.45 bits per heavy atom. The smallest absolute Gasteiger partial charge is 0.124 e. The van der Waals surface area contributed by atoms with Crippen LogP contribution < -0.4 is 0 Å². The van der Waals surface area contributed by atoms with Gasteiger partial charge in [-0.25, -0.2) is 4.39 Å². The van der Waals surface area contributed by atoms with Gasteiger partial charge in [0.05, 0.1) is 0 Å². The molecule has 1 aliphatic rings. The van der Waals surface area contributed by atoms with Crippen molar-refractivity contribution in [3.63, 3.8) is 0 Å². The Kier molecular flexibility index (Phi) is 5.09. The largest absolute Gasteiger partial charge is 0.384 e. The highest BCUT2D eigenvalue weighted by Crippen LogP contribution is 2.30. The normalized spacial score (nSPS) is 18.4. The van der Waals surface area contributed by atoms with Crippen LogP contribution in [0.5, 0.6) is 0 Å². The van der Waals surface area contributed by atoms with Crippen LogP contribution in [0.1, 0.15) is 25.0 Å². The molecule has 1 saturated heterocycles. The van der Waals surface area contributed by atoms with Gasteiger partial charge in [0.15, 0.2) is 0 Å². The average Bonchev–Trinajstić information content (AvgIpc) is 2.38.